The number of ketones is 1. The Morgan fingerprint density at radius 2 is 1.90 bits per heavy atom. The van der Waals surface area contributed by atoms with E-state index in [1.54, 1.807) is 37.5 Å². The summed E-state index contributed by atoms with van der Waals surface area (Å²) in [4.78, 5) is 25.5. The van der Waals surface area contributed by atoms with Crippen LogP contribution in [0, 0.1) is 0 Å². The topological polar surface area (TPSA) is 67.4 Å². The number of carbonyl (C=O) groups is 2. The van der Waals surface area contributed by atoms with E-state index < -0.39 is 0 Å². The van der Waals surface area contributed by atoms with E-state index in [2.05, 4.69) is 30.5 Å². The highest BCUT2D eigenvalue weighted by Gasteiger charge is 2.28. The molecule has 0 bridgehead atoms. The Morgan fingerprint density at radius 1 is 1.13 bits per heavy atom. The van der Waals surface area contributed by atoms with Crippen LogP contribution in [0.25, 0.3) is 5.70 Å². The van der Waals surface area contributed by atoms with Crippen LogP contribution in [-0.2, 0) is 6.42 Å². The summed E-state index contributed by atoms with van der Waals surface area (Å²) >= 11 is 0. The lowest BCUT2D eigenvalue weighted by atomic mass is 9.85. The third kappa shape index (κ3) is 4.25. The van der Waals surface area contributed by atoms with Crippen LogP contribution in [0.5, 0.6) is 5.75 Å². The van der Waals surface area contributed by atoms with E-state index >= 15 is 0 Å². The Morgan fingerprint density at radius 3 is 2.60 bits per heavy atom. The smallest absolute Gasteiger partial charge is 0.251 e. The Balaban J connectivity index is 1.62. The van der Waals surface area contributed by atoms with Crippen molar-refractivity contribution in [3.63, 3.8) is 0 Å². The van der Waals surface area contributed by atoms with E-state index in [0.717, 1.165) is 42.7 Å². The molecular weight excluding hydrogens is 376 g/mol. The first kappa shape index (κ1) is 20.2. The van der Waals surface area contributed by atoms with Gasteiger partial charge in [0.15, 0.2) is 5.78 Å². The lowest BCUT2D eigenvalue weighted by molar-refractivity contribution is 0.0917. The van der Waals surface area contributed by atoms with Crippen LogP contribution in [0.2, 0.25) is 0 Å². The number of benzene rings is 2. The highest BCUT2D eigenvalue weighted by molar-refractivity contribution is 6.10. The number of amides is 1. The van der Waals surface area contributed by atoms with Gasteiger partial charge in [0, 0.05) is 40.0 Å². The molecule has 1 aliphatic carbocycles. The van der Waals surface area contributed by atoms with Crippen molar-refractivity contribution in [3.05, 3.63) is 70.8 Å². The predicted octanol–water partition coefficient (Wildman–Crippen LogP) is 4.13. The number of hydrogen-bond acceptors (Lipinski definition) is 4. The minimum absolute atomic E-state index is 0.117. The SMILES string of the molecule is COc1ccc2c(c1)/C(=C/C(=O)c1cccc(C(=O)NC3CCC3)c1)NC(C)(C)C2. The monoisotopic (exact) mass is 404 g/mol. The lowest BCUT2D eigenvalue weighted by Gasteiger charge is -2.35. The zero-order valence-corrected chi connectivity index (χ0v) is 17.7. The first-order valence-electron chi connectivity index (χ1n) is 10.5. The fraction of sp³-hybridized carbons (Fsp3) is 0.360. The van der Waals surface area contributed by atoms with E-state index in [4.69, 9.17) is 4.74 Å². The van der Waals surface area contributed by atoms with Gasteiger partial charge in [-0.15, -0.1) is 0 Å². The fourth-order valence-corrected chi connectivity index (χ4v) is 4.00. The molecule has 30 heavy (non-hydrogen) atoms. The highest BCUT2D eigenvalue weighted by Crippen LogP contribution is 2.32. The lowest BCUT2D eigenvalue weighted by Crippen LogP contribution is -2.43. The van der Waals surface area contributed by atoms with Gasteiger partial charge in [0.25, 0.3) is 5.91 Å². The summed E-state index contributed by atoms with van der Waals surface area (Å²) < 4.78 is 5.37. The van der Waals surface area contributed by atoms with Crippen LogP contribution in [0.3, 0.4) is 0 Å². The second-order valence-corrected chi connectivity index (χ2v) is 8.81. The molecule has 0 radical (unpaired) electrons. The number of rotatable bonds is 5. The first-order valence-corrected chi connectivity index (χ1v) is 10.5. The van der Waals surface area contributed by atoms with Gasteiger partial charge in [0.2, 0.25) is 0 Å². The van der Waals surface area contributed by atoms with Crippen molar-refractivity contribution in [2.75, 3.05) is 7.11 Å². The van der Waals surface area contributed by atoms with Crippen LogP contribution < -0.4 is 15.4 Å². The number of allylic oxidation sites excluding steroid dienone is 1. The number of fused-ring (bicyclic) bond motifs is 1. The third-order valence-corrected chi connectivity index (χ3v) is 5.84. The van der Waals surface area contributed by atoms with Crippen molar-refractivity contribution in [2.24, 2.45) is 0 Å². The van der Waals surface area contributed by atoms with Crippen LogP contribution in [0.1, 0.15) is 65.0 Å². The minimum atomic E-state index is -0.168. The van der Waals surface area contributed by atoms with E-state index in [0.29, 0.717) is 11.1 Å². The zero-order chi connectivity index (χ0) is 21.3. The van der Waals surface area contributed by atoms with Crippen molar-refractivity contribution in [1.29, 1.82) is 0 Å². The molecule has 1 saturated carbocycles. The Bertz CT molecular complexity index is 1020. The van der Waals surface area contributed by atoms with Crippen molar-refractivity contribution in [1.82, 2.24) is 10.6 Å². The molecule has 0 spiro atoms. The fourth-order valence-electron chi connectivity index (χ4n) is 4.00. The molecule has 1 aliphatic heterocycles. The molecule has 1 heterocycles. The largest absolute Gasteiger partial charge is 0.497 e. The number of methoxy groups -OCH3 is 1. The van der Waals surface area contributed by atoms with Crippen LogP contribution in [-0.4, -0.2) is 30.4 Å². The summed E-state index contributed by atoms with van der Waals surface area (Å²) in [6.07, 6.45) is 5.70. The molecule has 0 saturated heterocycles. The molecule has 1 fully saturated rings. The number of hydrogen-bond donors (Lipinski definition) is 2. The third-order valence-electron chi connectivity index (χ3n) is 5.84. The maximum Gasteiger partial charge on any atom is 0.251 e. The van der Waals surface area contributed by atoms with Crippen molar-refractivity contribution in [3.8, 4) is 5.75 Å². The van der Waals surface area contributed by atoms with Gasteiger partial charge in [-0.05, 0) is 69.4 Å². The molecule has 0 unspecified atom stereocenters. The van der Waals surface area contributed by atoms with Gasteiger partial charge >= 0.3 is 0 Å². The molecule has 5 heteroatoms. The molecule has 5 nitrogen and oxygen atoms in total. The van der Waals surface area contributed by atoms with Crippen LogP contribution >= 0.6 is 0 Å². The van der Waals surface area contributed by atoms with E-state index in [9.17, 15) is 9.59 Å². The number of ether oxygens (including phenoxy) is 1. The normalized spacial score (nSPS) is 18.7. The Labute approximate surface area is 177 Å². The summed E-state index contributed by atoms with van der Waals surface area (Å²) in [6.45, 7) is 4.23. The maximum atomic E-state index is 13.1. The maximum absolute atomic E-state index is 13.1. The summed E-state index contributed by atoms with van der Waals surface area (Å²) in [5.41, 5.74) is 3.77. The molecular formula is C25H28N2O3. The molecule has 0 atom stereocenters. The summed E-state index contributed by atoms with van der Waals surface area (Å²) in [6, 6.07) is 13.2. The van der Waals surface area contributed by atoms with E-state index in [-0.39, 0.29) is 23.3 Å². The second-order valence-electron chi connectivity index (χ2n) is 8.81. The quantitative estimate of drug-likeness (QED) is 0.581. The van der Waals surface area contributed by atoms with Crippen LogP contribution in [0.4, 0.5) is 0 Å². The molecule has 156 valence electrons. The molecule has 4 rings (SSSR count). The van der Waals surface area contributed by atoms with E-state index in [1.165, 1.54) is 5.56 Å². The predicted molar refractivity (Wildman–Crippen MR) is 118 cm³/mol. The van der Waals surface area contributed by atoms with Crippen molar-refractivity contribution in [2.45, 2.75) is 51.1 Å². The van der Waals surface area contributed by atoms with Gasteiger partial charge < -0.3 is 15.4 Å². The standard InChI is InChI=1S/C25H28N2O3/c1-25(2)15-18-10-11-20(30-3)13-21(18)22(27-25)14-23(28)16-6-4-7-17(12-16)24(29)26-19-8-5-9-19/h4,6-7,10-14,19,27H,5,8-9,15H2,1-3H3,(H,26,29)/b22-14-. The zero-order valence-electron chi connectivity index (χ0n) is 17.7. The van der Waals surface area contributed by atoms with Gasteiger partial charge in [-0.1, -0.05) is 18.2 Å². The minimum Gasteiger partial charge on any atom is -0.497 e. The van der Waals surface area contributed by atoms with Crippen molar-refractivity contribution >= 4 is 17.4 Å². The average Bonchev–Trinajstić information content (AvgIpc) is 2.69. The summed E-state index contributed by atoms with van der Waals surface area (Å²) in [5.74, 6) is 0.500. The van der Waals surface area contributed by atoms with Gasteiger partial charge in [-0.3, -0.25) is 9.59 Å². The molecule has 2 aromatic rings. The van der Waals surface area contributed by atoms with Gasteiger partial charge in [-0.2, -0.15) is 0 Å². The second kappa shape index (κ2) is 7.98. The van der Waals surface area contributed by atoms with Gasteiger partial charge in [0.1, 0.15) is 5.75 Å². The summed E-state index contributed by atoms with van der Waals surface area (Å²) in [5, 5.41) is 6.51. The Kier molecular flexibility index (Phi) is 5.37. The molecule has 0 aromatic heterocycles. The first-order chi connectivity index (χ1) is 14.3. The van der Waals surface area contributed by atoms with Gasteiger partial charge in [0.05, 0.1) is 7.11 Å². The molecule has 2 N–H and O–H groups in total. The van der Waals surface area contributed by atoms with Gasteiger partial charge in [-0.25, -0.2) is 0 Å². The average molecular weight is 405 g/mol. The summed E-state index contributed by atoms with van der Waals surface area (Å²) in [7, 11) is 1.64. The van der Waals surface area contributed by atoms with Crippen molar-refractivity contribution < 1.29 is 14.3 Å². The van der Waals surface area contributed by atoms with E-state index in [1.807, 2.05) is 12.1 Å². The Hall–Kier alpha value is -3.08. The van der Waals surface area contributed by atoms with Crippen LogP contribution in [0.15, 0.2) is 48.5 Å². The highest BCUT2D eigenvalue weighted by atomic mass is 16.5. The number of carbonyl (C=O) groups excluding carboxylic acids is 2. The molecule has 1 amide bonds. The molecule has 2 aliphatic rings. The number of nitrogens with one attached hydrogen (secondary N) is 2. The molecule has 2 aromatic carbocycles.